The van der Waals surface area contributed by atoms with E-state index in [1.165, 1.54) is 20.3 Å². The van der Waals surface area contributed by atoms with Crippen molar-refractivity contribution in [2.24, 2.45) is 0 Å². The fourth-order valence-electron chi connectivity index (χ4n) is 2.28. The molecule has 2 aromatic carbocycles. The average Bonchev–Trinajstić information content (AvgIpc) is 2.66. The van der Waals surface area contributed by atoms with Gasteiger partial charge < -0.3 is 19.3 Å². The summed E-state index contributed by atoms with van der Waals surface area (Å²) in [7, 11) is -0.900. The van der Waals surface area contributed by atoms with Gasteiger partial charge in [0.05, 0.1) is 38.1 Å². The zero-order valence-electron chi connectivity index (χ0n) is 15.0. The average molecular weight is 413 g/mol. The van der Waals surface area contributed by atoms with Gasteiger partial charge in [-0.15, -0.1) is 0 Å². The summed E-state index contributed by atoms with van der Waals surface area (Å²) in [4.78, 5) is 22.2. The molecular formula is C17H16FNO8S. The number of carboxylic acid groups (broad SMARTS) is 1. The van der Waals surface area contributed by atoms with Gasteiger partial charge in [0.1, 0.15) is 10.7 Å². The third-order valence-corrected chi connectivity index (χ3v) is 5.02. The zero-order valence-corrected chi connectivity index (χ0v) is 15.8. The number of esters is 1. The lowest BCUT2D eigenvalue weighted by Gasteiger charge is -2.16. The van der Waals surface area contributed by atoms with E-state index in [0.29, 0.717) is 12.1 Å². The van der Waals surface area contributed by atoms with Gasteiger partial charge in [-0.05, 0) is 18.2 Å². The van der Waals surface area contributed by atoms with E-state index in [1.54, 1.807) is 0 Å². The Hall–Kier alpha value is -3.34. The number of halogens is 1. The van der Waals surface area contributed by atoms with E-state index >= 15 is 0 Å². The predicted molar refractivity (Wildman–Crippen MR) is 95.1 cm³/mol. The number of ether oxygens (including phenoxy) is 3. The second-order valence-corrected chi connectivity index (χ2v) is 6.95. The maximum atomic E-state index is 14.1. The second-order valence-electron chi connectivity index (χ2n) is 5.30. The number of hydrogen-bond acceptors (Lipinski definition) is 7. The van der Waals surface area contributed by atoms with E-state index < -0.39 is 38.2 Å². The molecule has 0 saturated heterocycles. The lowest BCUT2D eigenvalue weighted by Crippen LogP contribution is -2.18. The number of benzene rings is 2. The van der Waals surface area contributed by atoms with Gasteiger partial charge in [0.25, 0.3) is 10.0 Å². The Bertz CT molecular complexity index is 1040. The van der Waals surface area contributed by atoms with E-state index in [-0.39, 0.29) is 22.7 Å². The van der Waals surface area contributed by atoms with Gasteiger partial charge in [0.15, 0.2) is 11.5 Å². The molecule has 11 heteroatoms. The molecule has 150 valence electrons. The first-order valence-corrected chi connectivity index (χ1v) is 9.03. The lowest BCUT2D eigenvalue weighted by molar-refractivity contribution is 0.0600. The zero-order chi connectivity index (χ0) is 21.1. The monoisotopic (exact) mass is 413 g/mol. The van der Waals surface area contributed by atoms with Crippen molar-refractivity contribution in [1.29, 1.82) is 0 Å². The van der Waals surface area contributed by atoms with Crippen LogP contribution in [0.15, 0.2) is 35.2 Å². The van der Waals surface area contributed by atoms with Crippen molar-refractivity contribution in [2.75, 3.05) is 26.1 Å². The van der Waals surface area contributed by atoms with Crippen molar-refractivity contribution in [3.63, 3.8) is 0 Å². The van der Waals surface area contributed by atoms with Crippen LogP contribution in [-0.2, 0) is 14.8 Å². The molecule has 9 nitrogen and oxygen atoms in total. The number of nitrogens with one attached hydrogen (secondary N) is 1. The van der Waals surface area contributed by atoms with E-state index in [9.17, 15) is 22.4 Å². The van der Waals surface area contributed by atoms with Crippen molar-refractivity contribution < 1.29 is 41.7 Å². The topological polar surface area (TPSA) is 128 Å². The summed E-state index contributed by atoms with van der Waals surface area (Å²) in [5.74, 6) is -3.27. The molecule has 0 aliphatic heterocycles. The number of carbonyl (C=O) groups excluding carboxylic acids is 1. The number of anilines is 1. The molecule has 0 heterocycles. The van der Waals surface area contributed by atoms with E-state index in [0.717, 1.165) is 19.2 Å². The van der Waals surface area contributed by atoms with Crippen LogP contribution in [-0.4, -0.2) is 46.8 Å². The molecule has 0 amide bonds. The van der Waals surface area contributed by atoms with E-state index in [4.69, 9.17) is 14.6 Å². The van der Waals surface area contributed by atoms with E-state index in [1.807, 2.05) is 0 Å². The fraction of sp³-hybridized carbons (Fsp3) is 0.176. The summed E-state index contributed by atoms with van der Waals surface area (Å²) < 4.78 is 56.2. The smallest absolute Gasteiger partial charge is 0.340 e. The van der Waals surface area contributed by atoms with Crippen molar-refractivity contribution in [3.05, 3.63) is 47.3 Å². The van der Waals surface area contributed by atoms with Crippen molar-refractivity contribution in [1.82, 2.24) is 0 Å². The Balaban J connectivity index is 2.61. The van der Waals surface area contributed by atoms with Crippen molar-refractivity contribution in [3.8, 4) is 11.5 Å². The first-order chi connectivity index (χ1) is 13.1. The Morgan fingerprint density at radius 3 is 2.18 bits per heavy atom. The summed E-state index contributed by atoms with van der Waals surface area (Å²) in [6, 6.07) is 4.65. The van der Waals surface area contributed by atoms with Crippen LogP contribution in [0.25, 0.3) is 0 Å². The van der Waals surface area contributed by atoms with Crippen LogP contribution in [0.3, 0.4) is 0 Å². The van der Waals surface area contributed by atoms with Crippen molar-refractivity contribution in [2.45, 2.75) is 4.90 Å². The van der Waals surface area contributed by atoms with Gasteiger partial charge in [-0.2, -0.15) is 0 Å². The van der Waals surface area contributed by atoms with Gasteiger partial charge in [0.2, 0.25) is 0 Å². The van der Waals surface area contributed by atoms with Crippen LogP contribution >= 0.6 is 0 Å². The molecule has 0 aromatic heterocycles. The number of hydrogen-bond donors (Lipinski definition) is 2. The van der Waals surface area contributed by atoms with Crippen LogP contribution in [0.1, 0.15) is 20.7 Å². The van der Waals surface area contributed by atoms with Gasteiger partial charge in [-0.1, -0.05) is 0 Å². The third kappa shape index (κ3) is 4.14. The highest BCUT2D eigenvalue weighted by Gasteiger charge is 2.25. The van der Waals surface area contributed by atoms with Gasteiger partial charge in [-0.3, -0.25) is 4.72 Å². The number of methoxy groups -OCH3 is 3. The molecule has 0 saturated carbocycles. The number of carboxylic acids is 1. The predicted octanol–water partition coefficient (Wildman–Crippen LogP) is 2.13. The Labute approximate surface area is 159 Å². The van der Waals surface area contributed by atoms with Crippen LogP contribution in [0, 0.1) is 5.82 Å². The summed E-state index contributed by atoms with van der Waals surface area (Å²) in [5.41, 5.74) is -0.926. The first kappa shape index (κ1) is 21.0. The second kappa shape index (κ2) is 8.13. The summed E-state index contributed by atoms with van der Waals surface area (Å²) >= 11 is 0. The molecule has 2 aromatic rings. The molecule has 0 fully saturated rings. The number of sulfonamides is 1. The van der Waals surface area contributed by atoms with Gasteiger partial charge >= 0.3 is 11.9 Å². The highest BCUT2D eigenvalue weighted by atomic mass is 32.2. The minimum Gasteiger partial charge on any atom is -0.493 e. The molecule has 0 atom stereocenters. The number of carbonyl (C=O) groups is 2. The molecule has 28 heavy (non-hydrogen) atoms. The molecule has 0 bridgehead atoms. The molecule has 0 aliphatic rings. The maximum absolute atomic E-state index is 14.1. The standard InChI is InChI=1S/C17H16FNO8S/c1-25-13-7-10(17(22)27-3)12(8-14(13)26-2)19-28(23,24)15-6-9(16(20)21)4-5-11(15)18/h4-8,19H,1-3H3,(H,20,21). The SMILES string of the molecule is COC(=O)c1cc(OC)c(OC)cc1NS(=O)(=O)c1cc(C(=O)O)ccc1F. The van der Waals surface area contributed by atoms with Gasteiger partial charge in [-0.25, -0.2) is 22.4 Å². The minimum atomic E-state index is -4.60. The fourth-order valence-corrected chi connectivity index (χ4v) is 3.46. The van der Waals surface area contributed by atoms with Crippen LogP contribution in [0.4, 0.5) is 10.1 Å². The largest absolute Gasteiger partial charge is 0.493 e. The number of aromatic carboxylic acids is 1. The summed E-state index contributed by atoms with van der Waals surface area (Å²) in [6.07, 6.45) is 0. The minimum absolute atomic E-state index is 0.0904. The molecule has 0 aliphatic carbocycles. The first-order valence-electron chi connectivity index (χ1n) is 7.54. The van der Waals surface area contributed by atoms with E-state index in [2.05, 4.69) is 9.46 Å². The molecule has 0 unspecified atom stereocenters. The third-order valence-electron chi connectivity index (χ3n) is 3.64. The molecule has 2 N–H and O–H groups in total. The molecule has 2 rings (SSSR count). The Kier molecular flexibility index (Phi) is 6.09. The highest BCUT2D eigenvalue weighted by molar-refractivity contribution is 7.92. The van der Waals surface area contributed by atoms with Gasteiger partial charge in [0, 0.05) is 12.1 Å². The highest BCUT2D eigenvalue weighted by Crippen LogP contribution is 2.35. The normalized spacial score (nSPS) is 10.9. The van der Waals surface area contributed by atoms with Crippen molar-refractivity contribution >= 4 is 27.6 Å². The number of rotatable bonds is 7. The van der Waals surface area contributed by atoms with Crippen LogP contribution < -0.4 is 14.2 Å². The molecular weight excluding hydrogens is 397 g/mol. The van der Waals surface area contributed by atoms with Crippen LogP contribution in [0.2, 0.25) is 0 Å². The Morgan fingerprint density at radius 1 is 1.04 bits per heavy atom. The molecule has 0 spiro atoms. The van der Waals surface area contributed by atoms with Crippen LogP contribution in [0.5, 0.6) is 11.5 Å². The Morgan fingerprint density at radius 2 is 1.64 bits per heavy atom. The quantitative estimate of drug-likeness (QED) is 0.661. The summed E-state index contributed by atoms with van der Waals surface area (Å²) in [6.45, 7) is 0. The molecule has 0 radical (unpaired) electrons. The lowest BCUT2D eigenvalue weighted by atomic mass is 10.1. The summed E-state index contributed by atoms with van der Waals surface area (Å²) in [5, 5.41) is 9.00. The maximum Gasteiger partial charge on any atom is 0.340 e.